The maximum atomic E-state index is 13.2. The number of fused-ring (bicyclic) bond motifs is 2. The standard InChI is InChI=1S/C22H14O3/c23-21(18-11-5-7-14-6-1-2-8-15(14)18)19-12-13-20(22(24)25)17-10-4-3-9-16(17)19/h1-13H,(H,24,25). The first-order valence-corrected chi connectivity index (χ1v) is 7.94. The predicted octanol–water partition coefficient (Wildman–Crippen LogP) is 4.92. The monoisotopic (exact) mass is 326 g/mol. The van der Waals surface area contributed by atoms with E-state index in [1.807, 2.05) is 48.5 Å². The topological polar surface area (TPSA) is 54.4 Å². The van der Waals surface area contributed by atoms with E-state index in [-0.39, 0.29) is 11.3 Å². The minimum Gasteiger partial charge on any atom is -0.478 e. The number of aromatic carboxylic acids is 1. The highest BCUT2D eigenvalue weighted by atomic mass is 16.4. The Balaban J connectivity index is 1.97. The molecule has 0 atom stereocenters. The number of ketones is 1. The molecule has 0 spiro atoms. The first-order valence-electron chi connectivity index (χ1n) is 7.94. The average molecular weight is 326 g/mol. The number of carboxylic acids is 1. The molecule has 0 aromatic heterocycles. The van der Waals surface area contributed by atoms with Gasteiger partial charge in [-0.2, -0.15) is 0 Å². The Hall–Kier alpha value is -3.46. The summed E-state index contributed by atoms with van der Waals surface area (Å²) in [6.45, 7) is 0. The number of carbonyl (C=O) groups excluding carboxylic acids is 1. The van der Waals surface area contributed by atoms with Gasteiger partial charge in [-0.3, -0.25) is 4.79 Å². The van der Waals surface area contributed by atoms with E-state index in [0.29, 0.717) is 21.9 Å². The van der Waals surface area contributed by atoms with Gasteiger partial charge in [0, 0.05) is 11.1 Å². The molecule has 0 saturated heterocycles. The molecule has 1 N–H and O–H groups in total. The summed E-state index contributed by atoms with van der Waals surface area (Å²) in [6, 6.07) is 23.6. The number of rotatable bonds is 3. The first kappa shape index (κ1) is 15.1. The van der Waals surface area contributed by atoms with Crippen molar-refractivity contribution in [1.82, 2.24) is 0 Å². The third kappa shape index (κ3) is 2.46. The fourth-order valence-corrected chi connectivity index (χ4v) is 3.25. The lowest BCUT2D eigenvalue weighted by atomic mass is 9.92. The maximum Gasteiger partial charge on any atom is 0.336 e. The van der Waals surface area contributed by atoms with Crippen molar-refractivity contribution in [2.45, 2.75) is 0 Å². The predicted molar refractivity (Wildman–Crippen MR) is 98.3 cm³/mol. The van der Waals surface area contributed by atoms with Crippen LogP contribution in [0.3, 0.4) is 0 Å². The third-order valence-corrected chi connectivity index (χ3v) is 4.43. The van der Waals surface area contributed by atoms with E-state index in [2.05, 4.69) is 0 Å². The van der Waals surface area contributed by atoms with Crippen molar-refractivity contribution < 1.29 is 14.7 Å². The third-order valence-electron chi connectivity index (χ3n) is 4.43. The fourth-order valence-electron chi connectivity index (χ4n) is 3.25. The Labute approximate surface area is 144 Å². The summed E-state index contributed by atoms with van der Waals surface area (Å²) in [5.41, 5.74) is 1.33. The minimum absolute atomic E-state index is 0.107. The molecule has 120 valence electrons. The van der Waals surface area contributed by atoms with Crippen LogP contribution in [0.15, 0.2) is 78.9 Å². The second kappa shape index (κ2) is 5.87. The quantitative estimate of drug-likeness (QED) is 0.544. The Bertz CT molecular complexity index is 1140. The second-order valence-corrected chi connectivity index (χ2v) is 5.87. The zero-order valence-corrected chi connectivity index (χ0v) is 13.3. The van der Waals surface area contributed by atoms with E-state index in [1.165, 1.54) is 6.07 Å². The van der Waals surface area contributed by atoms with Crippen molar-refractivity contribution in [2.75, 3.05) is 0 Å². The molecule has 3 nitrogen and oxygen atoms in total. The van der Waals surface area contributed by atoms with Gasteiger partial charge in [-0.1, -0.05) is 66.7 Å². The summed E-state index contributed by atoms with van der Waals surface area (Å²) >= 11 is 0. The van der Waals surface area contributed by atoms with Crippen LogP contribution in [0, 0.1) is 0 Å². The maximum absolute atomic E-state index is 13.2. The molecular formula is C22H14O3. The molecular weight excluding hydrogens is 312 g/mol. The van der Waals surface area contributed by atoms with Crippen molar-refractivity contribution in [2.24, 2.45) is 0 Å². The van der Waals surface area contributed by atoms with Crippen LogP contribution in [-0.4, -0.2) is 16.9 Å². The molecule has 0 fully saturated rings. The molecule has 0 unspecified atom stereocenters. The van der Waals surface area contributed by atoms with Gasteiger partial charge in [0.15, 0.2) is 5.78 Å². The Morgan fingerprint density at radius 3 is 1.80 bits per heavy atom. The van der Waals surface area contributed by atoms with Crippen molar-refractivity contribution in [1.29, 1.82) is 0 Å². The molecule has 0 aliphatic rings. The van der Waals surface area contributed by atoms with Crippen LogP contribution >= 0.6 is 0 Å². The highest BCUT2D eigenvalue weighted by molar-refractivity contribution is 6.22. The lowest BCUT2D eigenvalue weighted by Gasteiger charge is -2.10. The molecule has 4 rings (SSSR count). The summed E-state index contributed by atoms with van der Waals surface area (Å²) < 4.78 is 0. The van der Waals surface area contributed by atoms with E-state index >= 15 is 0 Å². The zero-order valence-electron chi connectivity index (χ0n) is 13.3. The highest BCUT2D eigenvalue weighted by Crippen LogP contribution is 2.27. The molecule has 0 heterocycles. The van der Waals surface area contributed by atoms with Crippen molar-refractivity contribution >= 4 is 33.3 Å². The Morgan fingerprint density at radius 2 is 1.08 bits per heavy atom. The van der Waals surface area contributed by atoms with Crippen LogP contribution in [-0.2, 0) is 0 Å². The van der Waals surface area contributed by atoms with E-state index in [1.54, 1.807) is 24.3 Å². The molecule has 25 heavy (non-hydrogen) atoms. The molecule has 0 aliphatic heterocycles. The van der Waals surface area contributed by atoms with Gasteiger partial charge in [-0.05, 0) is 33.7 Å². The van der Waals surface area contributed by atoms with Gasteiger partial charge in [0.2, 0.25) is 0 Å². The second-order valence-electron chi connectivity index (χ2n) is 5.87. The average Bonchev–Trinajstić information content (AvgIpc) is 2.66. The van der Waals surface area contributed by atoms with Gasteiger partial charge >= 0.3 is 5.97 Å². The van der Waals surface area contributed by atoms with Crippen LogP contribution in [0.2, 0.25) is 0 Å². The molecule has 0 bridgehead atoms. The number of carboxylic acid groups (broad SMARTS) is 1. The minimum atomic E-state index is -1.000. The van der Waals surface area contributed by atoms with Crippen molar-refractivity contribution in [3.8, 4) is 0 Å². The Kier molecular flexibility index (Phi) is 3.55. The van der Waals surface area contributed by atoms with Crippen molar-refractivity contribution in [3.05, 3.63) is 95.6 Å². The first-order chi connectivity index (χ1) is 12.2. The van der Waals surface area contributed by atoms with Crippen LogP contribution in [0.4, 0.5) is 0 Å². The summed E-state index contributed by atoms with van der Waals surface area (Å²) in [6.07, 6.45) is 0. The van der Waals surface area contributed by atoms with Crippen LogP contribution < -0.4 is 0 Å². The zero-order chi connectivity index (χ0) is 17.4. The number of benzene rings is 4. The Morgan fingerprint density at radius 1 is 0.560 bits per heavy atom. The molecule has 3 heteroatoms. The van der Waals surface area contributed by atoms with E-state index in [4.69, 9.17) is 0 Å². The lowest BCUT2D eigenvalue weighted by Crippen LogP contribution is -2.05. The summed E-state index contributed by atoms with van der Waals surface area (Å²) in [5.74, 6) is -1.11. The van der Waals surface area contributed by atoms with Crippen LogP contribution in [0.1, 0.15) is 26.3 Å². The van der Waals surface area contributed by atoms with Gasteiger partial charge in [-0.25, -0.2) is 4.79 Å². The molecule has 0 radical (unpaired) electrons. The summed E-state index contributed by atoms with van der Waals surface area (Å²) in [5, 5.41) is 12.5. The van der Waals surface area contributed by atoms with Crippen LogP contribution in [0.25, 0.3) is 21.5 Å². The molecule has 0 amide bonds. The largest absolute Gasteiger partial charge is 0.478 e. The van der Waals surface area contributed by atoms with Gasteiger partial charge in [-0.15, -0.1) is 0 Å². The summed E-state index contributed by atoms with van der Waals surface area (Å²) in [4.78, 5) is 24.7. The number of hydrogen-bond donors (Lipinski definition) is 1. The lowest BCUT2D eigenvalue weighted by molar-refractivity contribution is 0.0698. The molecule has 0 saturated carbocycles. The van der Waals surface area contributed by atoms with Gasteiger partial charge in [0.25, 0.3) is 0 Å². The summed E-state index contributed by atoms with van der Waals surface area (Å²) in [7, 11) is 0. The van der Waals surface area contributed by atoms with Gasteiger partial charge in [0.1, 0.15) is 0 Å². The van der Waals surface area contributed by atoms with E-state index in [0.717, 1.165) is 10.8 Å². The van der Waals surface area contributed by atoms with E-state index < -0.39 is 5.97 Å². The highest BCUT2D eigenvalue weighted by Gasteiger charge is 2.18. The molecule has 4 aromatic rings. The van der Waals surface area contributed by atoms with Crippen LogP contribution in [0.5, 0.6) is 0 Å². The number of hydrogen-bond acceptors (Lipinski definition) is 2. The fraction of sp³-hybridized carbons (Fsp3) is 0. The SMILES string of the molecule is O=C(O)c1ccc(C(=O)c2cccc3ccccc23)c2ccccc12. The van der Waals surface area contributed by atoms with Gasteiger partial charge < -0.3 is 5.11 Å². The smallest absolute Gasteiger partial charge is 0.336 e. The normalized spacial score (nSPS) is 10.9. The number of carbonyl (C=O) groups is 2. The van der Waals surface area contributed by atoms with E-state index in [9.17, 15) is 14.7 Å². The molecule has 4 aromatic carbocycles. The van der Waals surface area contributed by atoms with Gasteiger partial charge in [0.05, 0.1) is 5.56 Å². The molecule has 0 aliphatic carbocycles. The van der Waals surface area contributed by atoms with Crippen molar-refractivity contribution in [3.63, 3.8) is 0 Å².